The van der Waals surface area contributed by atoms with Gasteiger partial charge in [-0.25, -0.2) is 4.39 Å². The second-order valence-corrected chi connectivity index (χ2v) is 5.06. The number of amides is 1. The van der Waals surface area contributed by atoms with Crippen LogP contribution in [-0.4, -0.2) is 33.2 Å². The van der Waals surface area contributed by atoms with Gasteiger partial charge in [-0.3, -0.25) is 4.79 Å². The van der Waals surface area contributed by atoms with E-state index in [0.717, 1.165) is 19.4 Å². The standard InChI is InChI=1S/C14H19FN2O2/c1-16-8-14(5-6-14)9-17-13(18)11-7-10(15)3-4-12(11)19-2/h3-4,7,16H,5-6,8-9H2,1-2H3,(H,17,18). The van der Waals surface area contributed by atoms with E-state index in [0.29, 0.717) is 12.3 Å². The van der Waals surface area contributed by atoms with Gasteiger partial charge in [0.15, 0.2) is 0 Å². The van der Waals surface area contributed by atoms with Crippen LogP contribution in [0.15, 0.2) is 18.2 Å². The third-order valence-electron chi connectivity index (χ3n) is 3.54. The van der Waals surface area contributed by atoms with E-state index in [2.05, 4.69) is 10.6 Å². The zero-order valence-corrected chi connectivity index (χ0v) is 11.3. The number of nitrogens with one attached hydrogen (secondary N) is 2. The Hall–Kier alpha value is -1.62. The maximum atomic E-state index is 13.2. The minimum Gasteiger partial charge on any atom is -0.496 e. The largest absolute Gasteiger partial charge is 0.496 e. The topological polar surface area (TPSA) is 50.4 Å². The van der Waals surface area contributed by atoms with Crippen molar-refractivity contribution >= 4 is 5.91 Å². The molecule has 2 rings (SSSR count). The van der Waals surface area contributed by atoms with Gasteiger partial charge in [0.1, 0.15) is 11.6 Å². The summed E-state index contributed by atoms with van der Waals surface area (Å²) in [6.07, 6.45) is 2.21. The highest BCUT2D eigenvalue weighted by Crippen LogP contribution is 2.44. The van der Waals surface area contributed by atoms with Crippen molar-refractivity contribution in [1.29, 1.82) is 0 Å². The monoisotopic (exact) mass is 266 g/mol. The number of ether oxygens (including phenoxy) is 1. The third kappa shape index (κ3) is 3.23. The first-order valence-corrected chi connectivity index (χ1v) is 6.36. The fourth-order valence-corrected chi connectivity index (χ4v) is 2.19. The molecule has 104 valence electrons. The van der Waals surface area contributed by atoms with Crippen LogP contribution in [0.4, 0.5) is 4.39 Å². The fourth-order valence-electron chi connectivity index (χ4n) is 2.19. The molecule has 0 aromatic heterocycles. The van der Waals surface area contributed by atoms with Gasteiger partial charge in [0.25, 0.3) is 5.91 Å². The Kier molecular flexibility index (Phi) is 4.04. The van der Waals surface area contributed by atoms with Gasteiger partial charge in [-0.2, -0.15) is 0 Å². The van der Waals surface area contributed by atoms with E-state index in [1.54, 1.807) is 0 Å². The van der Waals surface area contributed by atoms with Gasteiger partial charge >= 0.3 is 0 Å². The molecular weight excluding hydrogens is 247 g/mol. The Morgan fingerprint density at radius 2 is 2.16 bits per heavy atom. The second-order valence-electron chi connectivity index (χ2n) is 5.06. The normalized spacial score (nSPS) is 15.9. The summed E-state index contributed by atoms with van der Waals surface area (Å²) in [5.41, 5.74) is 0.410. The summed E-state index contributed by atoms with van der Waals surface area (Å²) in [5, 5.41) is 5.99. The van der Waals surface area contributed by atoms with E-state index in [1.807, 2.05) is 7.05 Å². The number of carbonyl (C=O) groups is 1. The van der Waals surface area contributed by atoms with E-state index in [9.17, 15) is 9.18 Å². The number of rotatable bonds is 6. The van der Waals surface area contributed by atoms with Crippen LogP contribution in [0.1, 0.15) is 23.2 Å². The van der Waals surface area contributed by atoms with Gasteiger partial charge in [-0.15, -0.1) is 0 Å². The average Bonchev–Trinajstić information content (AvgIpc) is 3.17. The third-order valence-corrected chi connectivity index (χ3v) is 3.54. The van der Waals surface area contributed by atoms with Gasteiger partial charge in [0, 0.05) is 18.5 Å². The van der Waals surface area contributed by atoms with Crippen molar-refractivity contribution in [2.45, 2.75) is 12.8 Å². The number of hydrogen-bond donors (Lipinski definition) is 2. The maximum Gasteiger partial charge on any atom is 0.255 e. The Morgan fingerprint density at radius 3 is 2.74 bits per heavy atom. The highest BCUT2D eigenvalue weighted by Gasteiger charge is 2.42. The van der Waals surface area contributed by atoms with Crippen LogP contribution >= 0.6 is 0 Å². The molecule has 1 fully saturated rings. The highest BCUT2D eigenvalue weighted by atomic mass is 19.1. The summed E-state index contributed by atoms with van der Waals surface area (Å²) in [6.45, 7) is 1.49. The van der Waals surface area contributed by atoms with Crippen molar-refractivity contribution in [3.63, 3.8) is 0 Å². The number of methoxy groups -OCH3 is 1. The number of carbonyl (C=O) groups excluding carboxylic acids is 1. The molecule has 0 heterocycles. The molecule has 1 amide bonds. The van der Waals surface area contributed by atoms with Crippen LogP contribution in [0.3, 0.4) is 0 Å². The Labute approximate surface area is 112 Å². The first kappa shape index (κ1) is 13.8. The first-order valence-electron chi connectivity index (χ1n) is 6.36. The Morgan fingerprint density at radius 1 is 1.42 bits per heavy atom. The lowest BCUT2D eigenvalue weighted by Crippen LogP contribution is -2.35. The summed E-state index contributed by atoms with van der Waals surface area (Å²) in [4.78, 5) is 12.1. The lowest BCUT2D eigenvalue weighted by Gasteiger charge is -2.16. The summed E-state index contributed by atoms with van der Waals surface area (Å²) in [5.74, 6) is -0.349. The molecule has 0 saturated heterocycles. The molecule has 1 aliphatic carbocycles. The molecular formula is C14H19FN2O2. The molecule has 1 saturated carbocycles. The van der Waals surface area contributed by atoms with Gasteiger partial charge in [-0.05, 0) is 38.1 Å². The summed E-state index contributed by atoms with van der Waals surface area (Å²) < 4.78 is 18.3. The van der Waals surface area contributed by atoms with Gasteiger partial charge in [0.2, 0.25) is 0 Å². The zero-order chi connectivity index (χ0) is 13.9. The lowest BCUT2D eigenvalue weighted by molar-refractivity contribution is 0.0941. The minimum absolute atomic E-state index is 0.172. The molecule has 19 heavy (non-hydrogen) atoms. The molecule has 1 aromatic rings. The van der Waals surface area contributed by atoms with Crippen LogP contribution in [0, 0.1) is 11.2 Å². The predicted octanol–water partition coefficient (Wildman–Crippen LogP) is 1.56. The molecule has 0 spiro atoms. The summed E-state index contributed by atoms with van der Waals surface area (Å²) in [6, 6.07) is 3.94. The van der Waals surface area contributed by atoms with Crippen LogP contribution in [0.5, 0.6) is 5.75 Å². The van der Waals surface area contributed by atoms with Crippen molar-refractivity contribution < 1.29 is 13.9 Å². The van der Waals surface area contributed by atoms with E-state index in [1.165, 1.54) is 25.3 Å². The molecule has 2 N–H and O–H groups in total. The van der Waals surface area contributed by atoms with E-state index >= 15 is 0 Å². The lowest BCUT2D eigenvalue weighted by atomic mass is 10.1. The van der Waals surface area contributed by atoms with Crippen molar-refractivity contribution in [3.05, 3.63) is 29.6 Å². The van der Waals surface area contributed by atoms with Crippen LogP contribution in [0.2, 0.25) is 0 Å². The molecule has 4 nitrogen and oxygen atoms in total. The molecule has 0 aliphatic heterocycles. The number of hydrogen-bond acceptors (Lipinski definition) is 3. The van der Waals surface area contributed by atoms with Crippen molar-refractivity contribution in [1.82, 2.24) is 10.6 Å². The van der Waals surface area contributed by atoms with Gasteiger partial charge in [-0.1, -0.05) is 0 Å². The van der Waals surface area contributed by atoms with Crippen molar-refractivity contribution in [2.75, 3.05) is 27.2 Å². The Balaban J connectivity index is 2.02. The van der Waals surface area contributed by atoms with E-state index in [-0.39, 0.29) is 16.9 Å². The van der Waals surface area contributed by atoms with Crippen LogP contribution in [0.25, 0.3) is 0 Å². The van der Waals surface area contributed by atoms with E-state index in [4.69, 9.17) is 4.74 Å². The quantitative estimate of drug-likeness (QED) is 0.821. The molecule has 5 heteroatoms. The average molecular weight is 266 g/mol. The van der Waals surface area contributed by atoms with Gasteiger partial charge in [0.05, 0.1) is 12.7 Å². The number of halogens is 1. The molecule has 1 aromatic carbocycles. The number of benzene rings is 1. The van der Waals surface area contributed by atoms with Crippen LogP contribution in [-0.2, 0) is 0 Å². The fraction of sp³-hybridized carbons (Fsp3) is 0.500. The SMILES string of the molecule is CNCC1(CNC(=O)c2cc(F)ccc2OC)CC1. The first-order chi connectivity index (χ1) is 9.10. The summed E-state index contributed by atoms with van der Waals surface area (Å²) >= 11 is 0. The molecule has 1 aliphatic rings. The van der Waals surface area contributed by atoms with Crippen LogP contribution < -0.4 is 15.4 Å². The summed E-state index contributed by atoms with van der Waals surface area (Å²) in [7, 11) is 3.37. The Bertz CT molecular complexity index is 473. The zero-order valence-electron chi connectivity index (χ0n) is 11.3. The second kappa shape index (κ2) is 5.57. The van der Waals surface area contributed by atoms with Gasteiger partial charge < -0.3 is 15.4 Å². The minimum atomic E-state index is -0.442. The van der Waals surface area contributed by atoms with E-state index < -0.39 is 5.82 Å². The smallest absolute Gasteiger partial charge is 0.255 e. The highest BCUT2D eigenvalue weighted by molar-refractivity contribution is 5.97. The molecule has 0 unspecified atom stereocenters. The molecule has 0 bridgehead atoms. The molecule has 0 atom stereocenters. The van der Waals surface area contributed by atoms with Crippen molar-refractivity contribution in [2.24, 2.45) is 5.41 Å². The molecule has 0 radical (unpaired) electrons. The van der Waals surface area contributed by atoms with Crippen molar-refractivity contribution in [3.8, 4) is 5.75 Å². The maximum absolute atomic E-state index is 13.2. The predicted molar refractivity (Wildman–Crippen MR) is 70.9 cm³/mol.